The van der Waals surface area contributed by atoms with E-state index in [1.807, 2.05) is 0 Å². The molecule has 0 heterocycles. The van der Waals surface area contributed by atoms with E-state index in [-0.39, 0.29) is 0 Å². The van der Waals surface area contributed by atoms with Crippen LogP contribution in [0.4, 0.5) is 5.69 Å². The molecule has 0 fully saturated rings. The van der Waals surface area contributed by atoms with Crippen molar-refractivity contribution in [3.8, 4) is 0 Å². The fraction of sp³-hybridized carbons (Fsp3) is 0.400. The number of hydrogen-bond donors (Lipinski definition) is 0. The molecule has 0 aliphatic carbocycles. The summed E-state index contributed by atoms with van der Waals surface area (Å²) >= 11 is 3.02. The molecule has 0 atom stereocenters. The summed E-state index contributed by atoms with van der Waals surface area (Å²) in [6, 6.07) is 8.48. The van der Waals surface area contributed by atoms with Gasteiger partial charge in [-0.25, -0.2) is 0 Å². The molecule has 0 saturated carbocycles. The summed E-state index contributed by atoms with van der Waals surface area (Å²) < 4.78 is 1.21. The van der Waals surface area contributed by atoms with Gasteiger partial charge in [0, 0.05) is 0 Å². The molecule has 1 rings (SSSR count). The maximum atomic E-state index is 3.02. The van der Waals surface area contributed by atoms with Crippen LogP contribution in [-0.2, 0) is 0 Å². The molecule has 0 aliphatic rings. The van der Waals surface area contributed by atoms with Crippen LogP contribution in [0.3, 0.4) is 0 Å². The van der Waals surface area contributed by atoms with E-state index >= 15 is 0 Å². The van der Waals surface area contributed by atoms with Crippen molar-refractivity contribution in [3.05, 3.63) is 24.3 Å². The molecule has 65 valence electrons. The average molecular weight is 227 g/mol. The average Bonchev–Trinajstić information content (AvgIpc) is 2.07. The predicted molar refractivity (Wildman–Crippen MR) is 55.4 cm³/mol. The monoisotopic (exact) mass is 228 g/mol. The second kappa shape index (κ2) is 4.54. The van der Waals surface area contributed by atoms with Crippen LogP contribution in [0.2, 0.25) is 0 Å². The maximum absolute atomic E-state index is 3.02. The van der Waals surface area contributed by atoms with E-state index in [0.29, 0.717) is 0 Å². The third kappa shape index (κ3) is 2.26. The van der Waals surface area contributed by atoms with E-state index in [2.05, 4.69) is 59.0 Å². The first-order valence-corrected chi connectivity index (χ1v) is 5.15. The Hall–Kier alpha value is -0.461. The van der Waals surface area contributed by atoms with Gasteiger partial charge in [0.2, 0.25) is 0 Å². The van der Waals surface area contributed by atoms with Crippen LogP contribution < -0.4 is 9.36 Å². The summed E-state index contributed by atoms with van der Waals surface area (Å²) in [5.74, 6) is 0. The molecule has 1 aromatic rings. The number of benzene rings is 1. The molecule has 0 unspecified atom stereocenters. The van der Waals surface area contributed by atoms with E-state index < -0.39 is 0 Å². The molecular weight excluding hydrogens is 213 g/mol. The SMILES string of the molecule is CCN(CC)c1cccc([Se])c1. The minimum atomic E-state index is 1.07. The topological polar surface area (TPSA) is 3.24 Å². The number of nitrogens with zero attached hydrogens (tertiary/aromatic N) is 1. The fourth-order valence-electron chi connectivity index (χ4n) is 1.27. The van der Waals surface area contributed by atoms with Gasteiger partial charge in [-0.05, 0) is 0 Å². The van der Waals surface area contributed by atoms with Crippen LogP contribution in [0.15, 0.2) is 24.3 Å². The summed E-state index contributed by atoms with van der Waals surface area (Å²) in [5.41, 5.74) is 1.30. The van der Waals surface area contributed by atoms with Crippen molar-refractivity contribution in [1.29, 1.82) is 0 Å². The zero-order valence-corrected chi connectivity index (χ0v) is 9.29. The van der Waals surface area contributed by atoms with E-state index in [9.17, 15) is 0 Å². The summed E-state index contributed by atoms with van der Waals surface area (Å²) in [6.07, 6.45) is 0. The van der Waals surface area contributed by atoms with Crippen LogP contribution in [-0.4, -0.2) is 29.1 Å². The van der Waals surface area contributed by atoms with E-state index in [4.69, 9.17) is 0 Å². The van der Waals surface area contributed by atoms with Crippen molar-refractivity contribution in [2.75, 3.05) is 18.0 Å². The quantitative estimate of drug-likeness (QED) is 0.704. The summed E-state index contributed by atoms with van der Waals surface area (Å²) in [7, 11) is 0. The third-order valence-electron chi connectivity index (χ3n) is 1.95. The van der Waals surface area contributed by atoms with Gasteiger partial charge in [0.15, 0.2) is 0 Å². The molecule has 0 bridgehead atoms. The Balaban J connectivity index is 2.85. The Labute approximate surface area is 82.6 Å². The predicted octanol–water partition coefficient (Wildman–Crippen LogP) is 1.33. The Kier molecular flexibility index (Phi) is 3.64. The summed E-state index contributed by atoms with van der Waals surface area (Å²) in [6.45, 7) is 6.49. The summed E-state index contributed by atoms with van der Waals surface area (Å²) in [4.78, 5) is 2.33. The second-order valence-electron chi connectivity index (χ2n) is 2.67. The van der Waals surface area contributed by atoms with E-state index in [0.717, 1.165) is 13.1 Å². The Morgan fingerprint density at radius 1 is 1.25 bits per heavy atom. The molecule has 0 aromatic heterocycles. The van der Waals surface area contributed by atoms with Crippen LogP contribution in [0, 0.1) is 0 Å². The zero-order valence-electron chi connectivity index (χ0n) is 7.58. The van der Waals surface area contributed by atoms with Crippen LogP contribution in [0.5, 0.6) is 0 Å². The van der Waals surface area contributed by atoms with Crippen LogP contribution in [0.25, 0.3) is 0 Å². The molecule has 1 aromatic carbocycles. The van der Waals surface area contributed by atoms with Crippen molar-refractivity contribution in [3.63, 3.8) is 0 Å². The number of hydrogen-bond acceptors (Lipinski definition) is 1. The van der Waals surface area contributed by atoms with Crippen molar-refractivity contribution in [2.24, 2.45) is 0 Å². The summed E-state index contributed by atoms with van der Waals surface area (Å²) in [5, 5.41) is 0. The van der Waals surface area contributed by atoms with Crippen LogP contribution in [0.1, 0.15) is 13.8 Å². The molecule has 0 spiro atoms. The first-order valence-electron chi connectivity index (χ1n) is 4.30. The van der Waals surface area contributed by atoms with Crippen LogP contribution >= 0.6 is 0 Å². The molecule has 0 aliphatic heterocycles. The third-order valence-corrected chi connectivity index (χ3v) is 2.48. The van der Waals surface area contributed by atoms with Gasteiger partial charge in [-0.15, -0.1) is 0 Å². The van der Waals surface area contributed by atoms with Gasteiger partial charge in [-0.2, -0.15) is 0 Å². The van der Waals surface area contributed by atoms with Crippen molar-refractivity contribution in [1.82, 2.24) is 0 Å². The zero-order chi connectivity index (χ0) is 8.97. The van der Waals surface area contributed by atoms with Crippen molar-refractivity contribution in [2.45, 2.75) is 13.8 Å². The molecule has 0 amide bonds. The molecular formula is C10H14NSe. The van der Waals surface area contributed by atoms with Gasteiger partial charge >= 0.3 is 82.3 Å². The van der Waals surface area contributed by atoms with E-state index in [1.165, 1.54) is 10.1 Å². The number of anilines is 1. The Bertz CT molecular complexity index is 243. The van der Waals surface area contributed by atoms with Crippen molar-refractivity contribution < 1.29 is 0 Å². The Morgan fingerprint density at radius 3 is 2.42 bits per heavy atom. The molecule has 2 heteroatoms. The van der Waals surface area contributed by atoms with Gasteiger partial charge < -0.3 is 0 Å². The van der Waals surface area contributed by atoms with E-state index in [1.54, 1.807) is 0 Å². The van der Waals surface area contributed by atoms with Gasteiger partial charge in [-0.3, -0.25) is 0 Å². The van der Waals surface area contributed by atoms with Crippen molar-refractivity contribution >= 4 is 26.2 Å². The van der Waals surface area contributed by atoms with Gasteiger partial charge in [-0.1, -0.05) is 0 Å². The van der Waals surface area contributed by atoms with Gasteiger partial charge in [0.1, 0.15) is 0 Å². The second-order valence-corrected chi connectivity index (χ2v) is 3.66. The molecule has 0 N–H and O–H groups in total. The molecule has 1 nitrogen and oxygen atoms in total. The molecule has 12 heavy (non-hydrogen) atoms. The number of rotatable bonds is 3. The fourth-order valence-corrected chi connectivity index (χ4v) is 1.69. The standard InChI is InChI=1S/C10H14NSe/c1-3-11(4-2)9-6-5-7-10(12)8-9/h5-8H,3-4H2,1-2H3. The van der Waals surface area contributed by atoms with Gasteiger partial charge in [0.25, 0.3) is 0 Å². The molecule has 0 saturated heterocycles. The molecule has 1 radical (unpaired) electrons. The van der Waals surface area contributed by atoms with Gasteiger partial charge in [0.05, 0.1) is 0 Å². The Morgan fingerprint density at radius 2 is 1.92 bits per heavy atom. The normalized spacial score (nSPS) is 9.83. The first kappa shape index (κ1) is 9.63. The minimum absolute atomic E-state index is 1.07. The first-order chi connectivity index (χ1) is 5.77.